The molecule has 0 fully saturated rings. The number of aromatic nitrogens is 1. The zero-order chi connectivity index (χ0) is 13.8. The number of thiazole rings is 1. The molecule has 2 aromatic rings. The Morgan fingerprint density at radius 1 is 1.53 bits per heavy atom. The second kappa shape index (κ2) is 6.45. The summed E-state index contributed by atoms with van der Waals surface area (Å²) >= 11 is 10.2. The van der Waals surface area contributed by atoms with Gasteiger partial charge < -0.3 is 5.32 Å². The first-order valence-electron chi connectivity index (χ1n) is 5.33. The summed E-state index contributed by atoms with van der Waals surface area (Å²) in [5, 5.41) is 4.98. The molecule has 2 rings (SSSR count). The van der Waals surface area contributed by atoms with E-state index in [0.717, 1.165) is 5.69 Å². The molecule has 3 nitrogen and oxygen atoms in total. The zero-order valence-electron chi connectivity index (χ0n) is 9.62. The van der Waals surface area contributed by atoms with Gasteiger partial charge in [0.1, 0.15) is 10.8 Å². The van der Waals surface area contributed by atoms with Gasteiger partial charge in [-0.15, -0.1) is 22.9 Å². The molecule has 0 aliphatic carbocycles. The van der Waals surface area contributed by atoms with Crippen LogP contribution in [0.1, 0.15) is 10.7 Å². The van der Waals surface area contributed by atoms with Crippen LogP contribution >= 0.6 is 38.9 Å². The summed E-state index contributed by atoms with van der Waals surface area (Å²) in [6.45, 7) is 0. The molecular formula is C12H9BrClFN2OS. The number of nitrogens with zero attached hydrogens (tertiary/aromatic N) is 1. The van der Waals surface area contributed by atoms with Crippen LogP contribution in [-0.4, -0.2) is 10.9 Å². The quantitative estimate of drug-likeness (QED) is 0.835. The molecule has 7 heteroatoms. The van der Waals surface area contributed by atoms with Crippen LogP contribution in [0.3, 0.4) is 0 Å². The highest BCUT2D eigenvalue weighted by atomic mass is 79.9. The minimum absolute atomic E-state index is 0.0995. The van der Waals surface area contributed by atoms with Gasteiger partial charge in [-0.25, -0.2) is 9.37 Å². The van der Waals surface area contributed by atoms with Crippen molar-refractivity contribution in [2.45, 2.75) is 12.3 Å². The molecule has 0 saturated heterocycles. The third kappa shape index (κ3) is 3.75. The van der Waals surface area contributed by atoms with Gasteiger partial charge in [-0.1, -0.05) is 6.07 Å². The summed E-state index contributed by atoms with van der Waals surface area (Å²) in [5.74, 6) is -0.485. The van der Waals surface area contributed by atoms with Crippen LogP contribution in [0, 0.1) is 5.82 Å². The lowest BCUT2D eigenvalue weighted by atomic mass is 10.3. The number of nitrogens with one attached hydrogen (secondary N) is 1. The number of alkyl halides is 1. The lowest BCUT2D eigenvalue weighted by Crippen LogP contribution is -2.15. The first kappa shape index (κ1) is 14.4. The molecule has 1 amide bonds. The van der Waals surface area contributed by atoms with Gasteiger partial charge in [-0.2, -0.15) is 0 Å². The number of para-hydroxylation sites is 1. The lowest BCUT2D eigenvalue weighted by molar-refractivity contribution is -0.115. The summed E-state index contributed by atoms with van der Waals surface area (Å²) in [6, 6.07) is 4.51. The largest absolute Gasteiger partial charge is 0.322 e. The first-order chi connectivity index (χ1) is 9.10. The molecular weight excluding hydrogens is 355 g/mol. The Hall–Kier alpha value is -0.980. The highest BCUT2D eigenvalue weighted by Crippen LogP contribution is 2.25. The van der Waals surface area contributed by atoms with Crippen LogP contribution in [0.5, 0.6) is 0 Å². The van der Waals surface area contributed by atoms with Crippen molar-refractivity contribution >= 4 is 50.5 Å². The fourth-order valence-electron chi connectivity index (χ4n) is 1.43. The first-order valence-corrected chi connectivity index (χ1v) is 7.54. The molecule has 19 heavy (non-hydrogen) atoms. The van der Waals surface area contributed by atoms with Gasteiger partial charge >= 0.3 is 0 Å². The molecule has 1 heterocycles. The van der Waals surface area contributed by atoms with E-state index in [1.54, 1.807) is 17.5 Å². The zero-order valence-corrected chi connectivity index (χ0v) is 12.8. The van der Waals surface area contributed by atoms with E-state index in [1.165, 1.54) is 17.4 Å². The maximum absolute atomic E-state index is 13.5. The van der Waals surface area contributed by atoms with Gasteiger partial charge in [0.15, 0.2) is 0 Å². The Labute approximate surface area is 126 Å². The van der Waals surface area contributed by atoms with E-state index in [2.05, 4.69) is 26.2 Å². The monoisotopic (exact) mass is 362 g/mol. The van der Waals surface area contributed by atoms with Crippen LogP contribution in [0.25, 0.3) is 0 Å². The molecule has 1 aromatic carbocycles. The van der Waals surface area contributed by atoms with Gasteiger partial charge in [-0.05, 0) is 28.1 Å². The Kier molecular flexibility index (Phi) is 4.90. The molecule has 0 atom stereocenters. The van der Waals surface area contributed by atoms with Crippen molar-refractivity contribution in [2.24, 2.45) is 0 Å². The van der Waals surface area contributed by atoms with Crippen molar-refractivity contribution < 1.29 is 9.18 Å². The summed E-state index contributed by atoms with van der Waals surface area (Å²) in [6.07, 6.45) is 0.0995. The van der Waals surface area contributed by atoms with E-state index in [4.69, 9.17) is 11.6 Å². The predicted octanol–water partition coefficient (Wildman–Crippen LogP) is 3.96. The highest BCUT2D eigenvalue weighted by Gasteiger charge is 2.12. The Balaban J connectivity index is 2.05. The molecule has 0 saturated carbocycles. The van der Waals surface area contributed by atoms with Crippen molar-refractivity contribution in [1.82, 2.24) is 4.98 Å². The SMILES string of the molecule is O=C(Cc1nc(CCl)cs1)Nc1c(F)cccc1Br. The van der Waals surface area contributed by atoms with Crippen molar-refractivity contribution in [1.29, 1.82) is 0 Å². The Bertz CT molecular complexity index is 585. The van der Waals surface area contributed by atoms with Gasteiger partial charge in [-0.3, -0.25) is 4.79 Å². The molecule has 0 unspecified atom stereocenters. The Morgan fingerprint density at radius 2 is 2.32 bits per heavy atom. The molecule has 0 radical (unpaired) electrons. The summed E-state index contributed by atoms with van der Waals surface area (Å²) in [7, 11) is 0. The summed E-state index contributed by atoms with van der Waals surface area (Å²) < 4.78 is 14.0. The number of hydrogen-bond donors (Lipinski definition) is 1. The molecule has 0 aliphatic rings. The van der Waals surface area contributed by atoms with Gasteiger partial charge in [0, 0.05) is 9.85 Å². The summed E-state index contributed by atoms with van der Waals surface area (Å²) in [5.41, 5.74) is 0.878. The van der Waals surface area contributed by atoms with E-state index in [9.17, 15) is 9.18 Å². The average molecular weight is 364 g/mol. The number of rotatable bonds is 4. The number of carbonyl (C=O) groups excluding carboxylic acids is 1. The van der Waals surface area contributed by atoms with E-state index < -0.39 is 5.82 Å². The third-order valence-electron chi connectivity index (χ3n) is 2.28. The molecule has 0 aliphatic heterocycles. The van der Waals surface area contributed by atoms with E-state index in [1.807, 2.05) is 0 Å². The number of benzene rings is 1. The lowest BCUT2D eigenvalue weighted by Gasteiger charge is -2.07. The average Bonchev–Trinajstić information content (AvgIpc) is 2.81. The summed E-state index contributed by atoms with van der Waals surface area (Å²) in [4.78, 5) is 16.0. The van der Waals surface area contributed by atoms with Gasteiger partial charge in [0.2, 0.25) is 5.91 Å². The highest BCUT2D eigenvalue weighted by molar-refractivity contribution is 9.10. The van der Waals surface area contributed by atoms with Crippen LogP contribution in [0.2, 0.25) is 0 Å². The van der Waals surface area contributed by atoms with Crippen molar-refractivity contribution in [3.63, 3.8) is 0 Å². The smallest absolute Gasteiger partial charge is 0.231 e. The van der Waals surface area contributed by atoms with Gasteiger partial charge in [0.25, 0.3) is 0 Å². The van der Waals surface area contributed by atoms with Crippen LogP contribution in [0.4, 0.5) is 10.1 Å². The van der Waals surface area contributed by atoms with Crippen LogP contribution in [-0.2, 0) is 17.1 Å². The number of amides is 1. The predicted molar refractivity (Wildman–Crippen MR) is 78.1 cm³/mol. The molecule has 1 N–H and O–H groups in total. The second-order valence-corrected chi connectivity index (χ2v) is 5.75. The second-order valence-electron chi connectivity index (χ2n) is 3.69. The van der Waals surface area contributed by atoms with Crippen molar-refractivity contribution in [3.05, 3.63) is 44.6 Å². The minimum Gasteiger partial charge on any atom is -0.322 e. The topological polar surface area (TPSA) is 42.0 Å². The number of anilines is 1. The van der Waals surface area contributed by atoms with Gasteiger partial charge in [0.05, 0.1) is 23.7 Å². The van der Waals surface area contributed by atoms with Crippen molar-refractivity contribution in [2.75, 3.05) is 5.32 Å². The molecule has 100 valence electrons. The molecule has 1 aromatic heterocycles. The van der Waals surface area contributed by atoms with Crippen molar-refractivity contribution in [3.8, 4) is 0 Å². The fourth-order valence-corrected chi connectivity index (χ4v) is 2.89. The normalized spacial score (nSPS) is 10.5. The number of carbonyl (C=O) groups is 1. The maximum Gasteiger partial charge on any atom is 0.231 e. The fraction of sp³-hybridized carbons (Fsp3) is 0.167. The number of halogens is 3. The standard InChI is InChI=1S/C12H9BrClFN2OS/c13-8-2-1-3-9(15)12(8)17-10(18)4-11-16-7(5-14)6-19-11/h1-3,6H,4-5H2,(H,17,18). The maximum atomic E-state index is 13.5. The van der Waals surface area contributed by atoms with Crippen LogP contribution < -0.4 is 5.32 Å². The Morgan fingerprint density at radius 3 is 2.95 bits per heavy atom. The molecule has 0 bridgehead atoms. The number of hydrogen-bond acceptors (Lipinski definition) is 3. The minimum atomic E-state index is -0.483. The third-order valence-corrected chi connectivity index (χ3v) is 4.11. The van der Waals surface area contributed by atoms with E-state index in [0.29, 0.717) is 15.4 Å². The molecule has 0 spiro atoms. The van der Waals surface area contributed by atoms with E-state index >= 15 is 0 Å². The van der Waals surface area contributed by atoms with E-state index in [-0.39, 0.29) is 18.0 Å². The van der Waals surface area contributed by atoms with Crippen LogP contribution in [0.15, 0.2) is 28.1 Å².